The van der Waals surface area contributed by atoms with Gasteiger partial charge in [-0.05, 0) is 60.7 Å². The number of nitrogens with one attached hydrogen (secondary N) is 2. The van der Waals surface area contributed by atoms with Crippen molar-refractivity contribution in [3.05, 3.63) is 96.3 Å². The first kappa shape index (κ1) is 25.3. The summed E-state index contributed by atoms with van der Waals surface area (Å²) in [6.07, 6.45) is 1.47. The Morgan fingerprint density at radius 3 is 2.14 bits per heavy atom. The van der Waals surface area contributed by atoms with Crippen molar-refractivity contribution in [3.8, 4) is 0 Å². The number of amides is 1. The largest absolute Gasteiger partial charge is 0.325 e. The molecule has 0 bridgehead atoms. The van der Waals surface area contributed by atoms with Crippen LogP contribution in [-0.4, -0.2) is 34.3 Å². The van der Waals surface area contributed by atoms with Gasteiger partial charge in [0.05, 0.1) is 15.5 Å². The van der Waals surface area contributed by atoms with Crippen LogP contribution in [0.4, 0.5) is 20.9 Å². The van der Waals surface area contributed by atoms with Gasteiger partial charge < -0.3 is 5.32 Å². The van der Waals surface area contributed by atoms with E-state index in [0.717, 1.165) is 39.9 Å². The molecule has 1 amide bonds. The lowest BCUT2D eigenvalue weighted by molar-refractivity contribution is -0.114. The zero-order valence-electron chi connectivity index (χ0n) is 18.4. The molecule has 0 radical (unpaired) electrons. The van der Waals surface area contributed by atoms with Crippen LogP contribution < -0.4 is 14.3 Å². The fraction of sp³-hybridized carbons (Fsp3) is 0.0435. The smallest absolute Gasteiger partial charge is 0.264 e. The number of rotatable bonds is 9. The van der Waals surface area contributed by atoms with Crippen molar-refractivity contribution >= 4 is 53.8 Å². The van der Waals surface area contributed by atoms with Gasteiger partial charge in [0.15, 0.2) is 5.13 Å². The highest BCUT2D eigenvalue weighted by Crippen LogP contribution is 2.24. The van der Waals surface area contributed by atoms with E-state index in [9.17, 15) is 26.0 Å². The second kappa shape index (κ2) is 10.4. The average Bonchev–Trinajstić information content (AvgIpc) is 3.36. The van der Waals surface area contributed by atoms with Crippen molar-refractivity contribution in [2.45, 2.75) is 9.79 Å². The molecule has 0 saturated carbocycles. The van der Waals surface area contributed by atoms with Gasteiger partial charge in [-0.25, -0.2) is 26.2 Å². The summed E-state index contributed by atoms with van der Waals surface area (Å²) in [5.74, 6) is -1.26. The molecule has 9 nitrogen and oxygen atoms in total. The SMILES string of the molecule is O=C(CN(c1ccccc1)S(=O)(=O)c1ccc(F)cc1)Nc1ccc(S(=O)(=O)Nc2nccs2)cc1. The van der Waals surface area contributed by atoms with E-state index >= 15 is 0 Å². The van der Waals surface area contributed by atoms with Crippen LogP contribution >= 0.6 is 11.3 Å². The molecule has 0 atom stereocenters. The minimum absolute atomic E-state index is 0.0412. The first-order valence-electron chi connectivity index (χ1n) is 10.3. The summed E-state index contributed by atoms with van der Waals surface area (Å²) in [5, 5.41) is 4.42. The Morgan fingerprint density at radius 1 is 0.889 bits per heavy atom. The minimum Gasteiger partial charge on any atom is -0.325 e. The summed E-state index contributed by atoms with van der Waals surface area (Å²) >= 11 is 1.13. The molecule has 0 aliphatic rings. The number of thiazole rings is 1. The van der Waals surface area contributed by atoms with Gasteiger partial charge in [0, 0.05) is 17.3 Å². The number of carbonyl (C=O) groups is 1. The summed E-state index contributed by atoms with van der Waals surface area (Å²) in [6, 6.07) is 17.7. The third-order valence-corrected chi connectivity index (χ3v) is 8.80. The number of carbonyl (C=O) groups excluding carboxylic acids is 1. The molecule has 0 aliphatic heterocycles. The van der Waals surface area contributed by atoms with E-state index in [1.54, 1.807) is 23.6 Å². The van der Waals surface area contributed by atoms with E-state index in [1.807, 2.05) is 0 Å². The Kier molecular flexibility index (Phi) is 7.33. The van der Waals surface area contributed by atoms with E-state index < -0.39 is 38.3 Å². The molecule has 4 aromatic rings. The van der Waals surface area contributed by atoms with Crippen LogP contribution in [0.1, 0.15) is 0 Å². The molecule has 0 fully saturated rings. The van der Waals surface area contributed by atoms with Crippen molar-refractivity contribution in [3.63, 3.8) is 0 Å². The lowest BCUT2D eigenvalue weighted by Gasteiger charge is -2.24. The number of nitrogens with zero attached hydrogens (tertiary/aromatic N) is 2. The highest BCUT2D eigenvalue weighted by Gasteiger charge is 2.27. The van der Waals surface area contributed by atoms with Gasteiger partial charge in [-0.1, -0.05) is 18.2 Å². The predicted molar refractivity (Wildman–Crippen MR) is 135 cm³/mol. The van der Waals surface area contributed by atoms with Gasteiger partial charge in [-0.15, -0.1) is 11.3 Å². The maximum Gasteiger partial charge on any atom is 0.264 e. The van der Waals surface area contributed by atoms with Gasteiger partial charge in [-0.3, -0.25) is 13.8 Å². The third kappa shape index (κ3) is 5.87. The first-order chi connectivity index (χ1) is 17.1. The molecule has 1 heterocycles. The number of sulfonamides is 2. The second-order valence-electron chi connectivity index (χ2n) is 7.32. The lowest BCUT2D eigenvalue weighted by atomic mass is 10.3. The van der Waals surface area contributed by atoms with Gasteiger partial charge in [-0.2, -0.15) is 0 Å². The Balaban J connectivity index is 1.52. The highest BCUT2D eigenvalue weighted by atomic mass is 32.2. The number of para-hydroxylation sites is 1. The van der Waals surface area contributed by atoms with E-state index in [2.05, 4.69) is 15.0 Å². The molecule has 13 heteroatoms. The summed E-state index contributed by atoms with van der Waals surface area (Å²) < 4.78 is 68.1. The van der Waals surface area contributed by atoms with Crippen molar-refractivity contribution in [1.82, 2.24) is 4.98 Å². The van der Waals surface area contributed by atoms with E-state index in [-0.39, 0.29) is 26.3 Å². The number of halogens is 1. The number of anilines is 3. The van der Waals surface area contributed by atoms with Crippen LogP contribution in [0.25, 0.3) is 0 Å². The molecule has 3 aromatic carbocycles. The van der Waals surface area contributed by atoms with E-state index in [1.165, 1.54) is 42.6 Å². The fourth-order valence-electron chi connectivity index (χ4n) is 3.14. The summed E-state index contributed by atoms with van der Waals surface area (Å²) in [4.78, 5) is 16.5. The number of hydrogen-bond acceptors (Lipinski definition) is 7. The average molecular weight is 547 g/mol. The van der Waals surface area contributed by atoms with E-state index in [0.29, 0.717) is 0 Å². The third-order valence-electron chi connectivity index (χ3n) is 4.84. The van der Waals surface area contributed by atoms with Crippen LogP contribution in [0, 0.1) is 5.82 Å². The highest BCUT2D eigenvalue weighted by molar-refractivity contribution is 7.93. The molecule has 2 N–H and O–H groups in total. The monoisotopic (exact) mass is 546 g/mol. The van der Waals surface area contributed by atoms with Gasteiger partial charge >= 0.3 is 0 Å². The maximum absolute atomic E-state index is 13.3. The fourth-order valence-corrected chi connectivity index (χ4v) is 6.35. The van der Waals surface area contributed by atoms with Crippen molar-refractivity contribution in [1.29, 1.82) is 0 Å². The predicted octanol–water partition coefficient (Wildman–Crippen LogP) is 3.92. The summed E-state index contributed by atoms with van der Waals surface area (Å²) in [7, 11) is -8.06. The minimum atomic E-state index is -4.20. The van der Waals surface area contributed by atoms with Crippen LogP contribution in [0.15, 0.2) is 100 Å². The molecule has 0 aliphatic carbocycles. The molecule has 0 spiro atoms. The molecule has 4 rings (SSSR count). The second-order valence-corrected chi connectivity index (χ2v) is 11.8. The van der Waals surface area contributed by atoms with Crippen LogP contribution in [0.3, 0.4) is 0 Å². The molecule has 1 aromatic heterocycles. The Hall–Kier alpha value is -3.81. The Bertz CT molecular complexity index is 1540. The standard InChI is InChI=1S/C23H19FN4O5S3/c24-17-6-10-21(11-7-17)36(32,33)28(19-4-2-1-3-5-19)16-22(29)26-18-8-12-20(13-9-18)35(30,31)27-23-25-14-15-34-23/h1-15H,16H2,(H,25,27)(H,26,29). The molecule has 186 valence electrons. The maximum atomic E-state index is 13.3. The Labute approximate surface area is 211 Å². The summed E-state index contributed by atoms with van der Waals surface area (Å²) in [6.45, 7) is -0.574. The Morgan fingerprint density at radius 2 is 1.53 bits per heavy atom. The van der Waals surface area contributed by atoms with Gasteiger partial charge in [0.1, 0.15) is 12.4 Å². The van der Waals surface area contributed by atoms with Crippen LogP contribution in [-0.2, 0) is 24.8 Å². The number of hydrogen-bond donors (Lipinski definition) is 2. The normalized spacial score (nSPS) is 11.6. The molecule has 0 unspecified atom stereocenters. The molecule has 0 saturated heterocycles. The van der Waals surface area contributed by atoms with Gasteiger partial charge in [0.2, 0.25) is 5.91 Å². The van der Waals surface area contributed by atoms with Crippen molar-refractivity contribution in [2.75, 3.05) is 20.9 Å². The number of benzene rings is 3. The molecular weight excluding hydrogens is 527 g/mol. The van der Waals surface area contributed by atoms with Gasteiger partial charge in [0.25, 0.3) is 20.0 Å². The van der Waals surface area contributed by atoms with Crippen molar-refractivity contribution in [2.24, 2.45) is 0 Å². The number of aromatic nitrogens is 1. The molecular formula is C23H19FN4O5S3. The molecule has 36 heavy (non-hydrogen) atoms. The van der Waals surface area contributed by atoms with Crippen LogP contribution in [0.2, 0.25) is 0 Å². The van der Waals surface area contributed by atoms with E-state index in [4.69, 9.17) is 0 Å². The lowest BCUT2D eigenvalue weighted by Crippen LogP contribution is -2.38. The zero-order chi connectivity index (χ0) is 25.8. The van der Waals surface area contributed by atoms with Crippen molar-refractivity contribution < 1.29 is 26.0 Å². The first-order valence-corrected chi connectivity index (χ1v) is 14.1. The topological polar surface area (TPSA) is 126 Å². The van der Waals surface area contributed by atoms with Crippen LogP contribution in [0.5, 0.6) is 0 Å². The zero-order valence-corrected chi connectivity index (χ0v) is 20.9. The summed E-state index contributed by atoms with van der Waals surface area (Å²) in [5.41, 5.74) is 0.507. The quantitative estimate of drug-likeness (QED) is 0.328.